The van der Waals surface area contributed by atoms with Crippen LogP contribution in [0.4, 0.5) is 0 Å². The first-order valence-corrected chi connectivity index (χ1v) is 8.35. The summed E-state index contributed by atoms with van der Waals surface area (Å²) >= 11 is 3.97. The fraction of sp³-hybridized carbons (Fsp3) is 0.500. The Kier molecular flexibility index (Phi) is 5.32. The van der Waals surface area contributed by atoms with Crippen molar-refractivity contribution in [2.24, 2.45) is 5.92 Å². The number of carboxylic acids is 1. The number of carboxylic acid groups (broad SMARTS) is 1. The molecule has 0 aromatic carbocycles. The highest BCUT2D eigenvalue weighted by Gasteiger charge is 2.22. The molecule has 8 heteroatoms. The predicted octanol–water partition coefficient (Wildman–Crippen LogP) is 2.53. The molecule has 0 aliphatic heterocycles. The molecule has 102 valence electrons. The molecule has 1 heterocycles. The number of hydrogen-bond donors (Lipinski definition) is 2. The molecule has 0 fully saturated rings. The molecule has 0 aliphatic rings. The van der Waals surface area contributed by atoms with Crippen molar-refractivity contribution in [3.8, 4) is 0 Å². The Hall–Kier alpha value is -0.440. The molecule has 0 saturated heterocycles. The summed E-state index contributed by atoms with van der Waals surface area (Å²) in [6.07, 6.45) is 0.729. The first kappa shape index (κ1) is 15.6. The number of carbonyl (C=O) groups is 1. The van der Waals surface area contributed by atoms with Crippen molar-refractivity contribution in [1.29, 1.82) is 0 Å². The lowest BCUT2D eigenvalue weighted by Crippen LogP contribution is -2.25. The summed E-state index contributed by atoms with van der Waals surface area (Å²) < 4.78 is 26.6. The van der Waals surface area contributed by atoms with Crippen molar-refractivity contribution in [3.05, 3.63) is 14.7 Å². The van der Waals surface area contributed by atoms with Gasteiger partial charge in [0.05, 0.1) is 3.79 Å². The number of thiophene rings is 1. The van der Waals surface area contributed by atoms with E-state index in [1.165, 1.54) is 0 Å². The predicted molar refractivity (Wildman–Crippen MR) is 73.6 cm³/mol. The molecule has 0 spiro atoms. The zero-order chi connectivity index (χ0) is 13.9. The Morgan fingerprint density at radius 3 is 2.61 bits per heavy atom. The minimum Gasteiger partial charge on any atom is -0.477 e. The van der Waals surface area contributed by atoms with Crippen molar-refractivity contribution in [2.45, 2.75) is 25.2 Å². The minimum absolute atomic E-state index is 0.00823. The van der Waals surface area contributed by atoms with Gasteiger partial charge in [-0.2, -0.15) is 0 Å². The van der Waals surface area contributed by atoms with E-state index in [-0.39, 0.29) is 9.77 Å². The van der Waals surface area contributed by atoms with E-state index in [9.17, 15) is 13.2 Å². The zero-order valence-electron chi connectivity index (χ0n) is 9.94. The molecule has 0 bridgehead atoms. The minimum atomic E-state index is -3.65. The molecular formula is C10H14BrNO4S2. The normalized spacial score (nSPS) is 12.0. The van der Waals surface area contributed by atoms with Crippen LogP contribution < -0.4 is 4.72 Å². The summed E-state index contributed by atoms with van der Waals surface area (Å²) in [4.78, 5) is 10.7. The van der Waals surface area contributed by atoms with Crippen molar-refractivity contribution in [3.63, 3.8) is 0 Å². The highest BCUT2D eigenvalue weighted by Crippen LogP contribution is 2.31. The van der Waals surface area contributed by atoms with Gasteiger partial charge >= 0.3 is 5.97 Å². The number of nitrogens with one attached hydrogen (secondary N) is 1. The summed E-state index contributed by atoms with van der Waals surface area (Å²) in [6, 6.07) is 1.16. The van der Waals surface area contributed by atoms with E-state index in [2.05, 4.69) is 20.7 Å². The first-order valence-electron chi connectivity index (χ1n) is 5.26. The van der Waals surface area contributed by atoms with E-state index in [4.69, 9.17) is 5.11 Å². The monoisotopic (exact) mass is 355 g/mol. The lowest BCUT2D eigenvalue weighted by atomic mass is 10.1. The van der Waals surface area contributed by atoms with Crippen LogP contribution in [0.25, 0.3) is 0 Å². The van der Waals surface area contributed by atoms with Gasteiger partial charge < -0.3 is 5.11 Å². The molecule has 1 aromatic heterocycles. The summed E-state index contributed by atoms with van der Waals surface area (Å²) in [5.74, 6) is -0.738. The molecule has 0 aliphatic carbocycles. The Bertz CT molecular complexity index is 536. The highest BCUT2D eigenvalue weighted by atomic mass is 79.9. The van der Waals surface area contributed by atoms with Gasteiger partial charge in [-0.25, -0.2) is 17.9 Å². The van der Waals surface area contributed by atoms with E-state index < -0.39 is 16.0 Å². The molecule has 1 rings (SSSR count). The summed E-state index contributed by atoms with van der Waals surface area (Å²) in [7, 11) is -3.65. The molecule has 5 nitrogen and oxygen atoms in total. The van der Waals surface area contributed by atoms with E-state index in [0.717, 1.165) is 23.8 Å². The van der Waals surface area contributed by atoms with Crippen molar-refractivity contribution < 1.29 is 18.3 Å². The smallest absolute Gasteiger partial charge is 0.345 e. The van der Waals surface area contributed by atoms with Crippen molar-refractivity contribution >= 4 is 43.3 Å². The summed E-state index contributed by atoms with van der Waals surface area (Å²) in [6.45, 7) is 4.33. The van der Waals surface area contributed by atoms with Gasteiger partial charge in [-0.05, 0) is 34.3 Å². The van der Waals surface area contributed by atoms with Gasteiger partial charge in [-0.3, -0.25) is 0 Å². The van der Waals surface area contributed by atoms with Crippen LogP contribution in [-0.4, -0.2) is 26.0 Å². The quantitative estimate of drug-likeness (QED) is 0.821. The van der Waals surface area contributed by atoms with Crippen LogP contribution in [0, 0.1) is 5.92 Å². The average molecular weight is 356 g/mol. The highest BCUT2D eigenvalue weighted by molar-refractivity contribution is 9.11. The zero-order valence-corrected chi connectivity index (χ0v) is 13.2. The van der Waals surface area contributed by atoms with Crippen LogP contribution >= 0.6 is 27.3 Å². The molecule has 0 saturated carbocycles. The lowest BCUT2D eigenvalue weighted by Gasteiger charge is -2.07. The third-order valence-corrected chi connectivity index (χ3v) is 5.87. The molecular weight excluding hydrogens is 342 g/mol. The maximum Gasteiger partial charge on any atom is 0.345 e. The summed E-state index contributed by atoms with van der Waals surface area (Å²) in [5, 5.41) is 8.81. The molecule has 0 radical (unpaired) electrons. The average Bonchev–Trinajstić information content (AvgIpc) is 2.60. The Morgan fingerprint density at radius 1 is 1.56 bits per heavy atom. The molecule has 1 aromatic rings. The van der Waals surface area contributed by atoms with Crippen LogP contribution in [0.3, 0.4) is 0 Å². The molecule has 0 atom stereocenters. The fourth-order valence-corrected chi connectivity index (χ4v) is 4.65. The van der Waals surface area contributed by atoms with Crippen LogP contribution in [0.15, 0.2) is 14.7 Å². The van der Waals surface area contributed by atoms with Crippen molar-refractivity contribution in [2.75, 3.05) is 6.54 Å². The largest absolute Gasteiger partial charge is 0.477 e. The third kappa shape index (κ3) is 4.04. The van der Waals surface area contributed by atoms with E-state index in [0.29, 0.717) is 16.2 Å². The van der Waals surface area contributed by atoms with Gasteiger partial charge in [0, 0.05) is 6.54 Å². The van der Waals surface area contributed by atoms with Crippen LogP contribution in [0.5, 0.6) is 0 Å². The SMILES string of the molecule is CC(C)CCNS(=O)(=O)c1cc(C(=O)O)sc1Br. The number of rotatable bonds is 6. The second-order valence-corrected chi connectivity index (χ2v) is 8.24. The van der Waals surface area contributed by atoms with Gasteiger partial charge in [-0.1, -0.05) is 13.8 Å². The number of aromatic carboxylic acids is 1. The lowest BCUT2D eigenvalue weighted by molar-refractivity contribution is 0.0702. The van der Waals surface area contributed by atoms with Crippen LogP contribution in [-0.2, 0) is 10.0 Å². The van der Waals surface area contributed by atoms with Gasteiger partial charge in [0.2, 0.25) is 10.0 Å². The van der Waals surface area contributed by atoms with Gasteiger partial charge in [-0.15, -0.1) is 11.3 Å². The molecule has 18 heavy (non-hydrogen) atoms. The fourth-order valence-electron chi connectivity index (χ4n) is 1.20. The second-order valence-electron chi connectivity index (χ2n) is 4.13. The number of sulfonamides is 1. The van der Waals surface area contributed by atoms with Gasteiger partial charge in [0.25, 0.3) is 0 Å². The Balaban J connectivity index is 2.88. The molecule has 0 unspecified atom stereocenters. The number of halogens is 1. The van der Waals surface area contributed by atoms with E-state index in [1.807, 2.05) is 13.8 Å². The Morgan fingerprint density at radius 2 is 2.17 bits per heavy atom. The van der Waals surface area contributed by atoms with Gasteiger partial charge in [0.1, 0.15) is 9.77 Å². The van der Waals surface area contributed by atoms with Crippen molar-refractivity contribution in [1.82, 2.24) is 4.72 Å². The Labute approximate surface area is 118 Å². The van der Waals surface area contributed by atoms with E-state index >= 15 is 0 Å². The third-order valence-electron chi connectivity index (χ3n) is 2.17. The number of hydrogen-bond acceptors (Lipinski definition) is 4. The van der Waals surface area contributed by atoms with E-state index in [1.54, 1.807) is 0 Å². The maximum atomic E-state index is 11.9. The topological polar surface area (TPSA) is 83.5 Å². The first-order chi connectivity index (χ1) is 8.24. The molecule has 2 N–H and O–H groups in total. The van der Waals surface area contributed by atoms with Crippen LogP contribution in [0.2, 0.25) is 0 Å². The summed E-state index contributed by atoms with van der Waals surface area (Å²) in [5.41, 5.74) is 0. The standard InChI is InChI=1S/C10H14BrNO4S2/c1-6(2)3-4-12-18(15,16)8-5-7(10(13)14)17-9(8)11/h5-6,12H,3-4H2,1-2H3,(H,13,14). The maximum absolute atomic E-state index is 11.9. The van der Waals surface area contributed by atoms with Gasteiger partial charge in [0.15, 0.2) is 0 Å². The second kappa shape index (κ2) is 6.14. The van der Waals surface area contributed by atoms with Crippen LogP contribution in [0.1, 0.15) is 29.9 Å². The molecule has 0 amide bonds.